The monoisotopic (exact) mass is 276 g/mol. The van der Waals surface area contributed by atoms with Crippen LogP contribution in [0.1, 0.15) is 18.4 Å². The van der Waals surface area contributed by atoms with Crippen LogP contribution in [0, 0.1) is 6.92 Å². The summed E-state index contributed by atoms with van der Waals surface area (Å²) in [6, 6.07) is 7.84. The number of ether oxygens (including phenoxy) is 1. The molecule has 1 aromatic carbocycles. The summed E-state index contributed by atoms with van der Waals surface area (Å²) in [6.45, 7) is 8.09. The first-order chi connectivity index (χ1) is 9.13. The van der Waals surface area contributed by atoms with Crippen molar-refractivity contribution >= 4 is 11.8 Å². The second kappa shape index (κ2) is 6.43. The number of aromatic nitrogens is 2. The van der Waals surface area contributed by atoms with Crippen LogP contribution in [-0.2, 0) is 6.61 Å². The second-order valence-electron chi connectivity index (χ2n) is 4.31. The van der Waals surface area contributed by atoms with E-state index in [4.69, 9.17) is 9.15 Å². The fourth-order valence-corrected chi connectivity index (χ4v) is 2.01. The summed E-state index contributed by atoms with van der Waals surface area (Å²) in [5, 5.41) is 8.43. The Labute approximate surface area is 116 Å². The van der Waals surface area contributed by atoms with Gasteiger partial charge >= 0.3 is 0 Å². The molecule has 0 aliphatic rings. The van der Waals surface area contributed by atoms with Gasteiger partial charge in [-0.25, -0.2) is 0 Å². The molecule has 4 nitrogen and oxygen atoms in total. The van der Waals surface area contributed by atoms with Crippen LogP contribution < -0.4 is 4.74 Å². The number of hydrogen-bond donors (Lipinski definition) is 0. The van der Waals surface area contributed by atoms with E-state index < -0.39 is 0 Å². The van der Waals surface area contributed by atoms with Gasteiger partial charge in [0.1, 0.15) is 5.75 Å². The molecule has 0 spiro atoms. The van der Waals surface area contributed by atoms with E-state index in [1.54, 1.807) is 0 Å². The lowest BCUT2D eigenvalue weighted by Gasteiger charge is -2.03. The predicted octanol–water partition coefficient (Wildman–Crippen LogP) is 3.63. The van der Waals surface area contributed by atoms with Crippen molar-refractivity contribution in [2.75, 3.05) is 5.75 Å². The summed E-state index contributed by atoms with van der Waals surface area (Å²) in [6.07, 6.45) is 0. The Bertz CT molecular complexity index is 566. The number of hydrogen-bond acceptors (Lipinski definition) is 5. The third kappa shape index (κ3) is 4.44. The van der Waals surface area contributed by atoms with Crippen LogP contribution in [0.4, 0.5) is 0 Å². The van der Waals surface area contributed by atoms with Gasteiger partial charge in [0.25, 0.3) is 11.1 Å². The summed E-state index contributed by atoms with van der Waals surface area (Å²) in [4.78, 5) is 0. The lowest BCUT2D eigenvalue weighted by atomic mass is 10.2. The topological polar surface area (TPSA) is 48.2 Å². The van der Waals surface area contributed by atoms with Crippen molar-refractivity contribution in [3.8, 4) is 5.75 Å². The molecule has 19 heavy (non-hydrogen) atoms. The van der Waals surface area contributed by atoms with Gasteiger partial charge in [-0.15, -0.1) is 10.2 Å². The first-order valence-corrected chi connectivity index (χ1v) is 6.91. The van der Waals surface area contributed by atoms with Gasteiger partial charge in [0.2, 0.25) is 0 Å². The zero-order chi connectivity index (χ0) is 13.7. The average molecular weight is 276 g/mol. The van der Waals surface area contributed by atoms with Crippen molar-refractivity contribution in [1.29, 1.82) is 0 Å². The van der Waals surface area contributed by atoms with Gasteiger partial charge in [-0.1, -0.05) is 36.0 Å². The molecule has 0 fully saturated rings. The number of rotatable bonds is 6. The van der Waals surface area contributed by atoms with E-state index in [1.165, 1.54) is 11.8 Å². The van der Waals surface area contributed by atoms with Crippen LogP contribution >= 0.6 is 11.8 Å². The molecule has 1 aromatic heterocycles. The molecule has 0 N–H and O–H groups in total. The van der Waals surface area contributed by atoms with Gasteiger partial charge in [0, 0.05) is 5.75 Å². The Balaban J connectivity index is 1.88. The quantitative estimate of drug-likeness (QED) is 0.595. The van der Waals surface area contributed by atoms with Crippen LogP contribution in [0.5, 0.6) is 5.75 Å². The lowest BCUT2D eigenvalue weighted by molar-refractivity contribution is 0.252. The summed E-state index contributed by atoms with van der Waals surface area (Å²) in [5.41, 5.74) is 2.22. The smallest absolute Gasteiger partial charge is 0.277 e. The standard InChI is InChI=1S/C14H16N2O2S/c1-10(2)9-19-14-16-15-13(18-14)8-17-12-6-4-5-11(3)7-12/h4-7H,1,8-9H2,2-3H3. The molecule has 0 saturated heterocycles. The summed E-state index contributed by atoms with van der Waals surface area (Å²) < 4.78 is 11.0. The molecule has 2 aromatic rings. The number of thioether (sulfide) groups is 1. The average Bonchev–Trinajstić information content (AvgIpc) is 2.82. The van der Waals surface area contributed by atoms with E-state index in [0.717, 1.165) is 22.6 Å². The van der Waals surface area contributed by atoms with Gasteiger partial charge in [-0.3, -0.25) is 0 Å². The second-order valence-corrected chi connectivity index (χ2v) is 5.24. The molecule has 100 valence electrons. The predicted molar refractivity (Wildman–Crippen MR) is 75.3 cm³/mol. The zero-order valence-electron chi connectivity index (χ0n) is 11.0. The Morgan fingerprint density at radius 3 is 3.00 bits per heavy atom. The molecule has 0 radical (unpaired) electrons. The number of benzene rings is 1. The minimum absolute atomic E-state index is 0.282. The normalized spacial score (nSPS) is 10.4. The minimum atomic E-state index is 0.282. The molecule has 0 amide bonds. The van der Waals surface area contributed by atoms with Crippen LogP contribution in [-0.4, -0.2) is 16.0 Å². The van der Waals surface area contributed by atoms with Gasteiger partial charge in [-0.2, -0.15) is 0 Å². The molecule has 0 saturated carbocycles. The number of nitrogens with zero attached hydrogens (tertiary/aromatic N) is 2. The molecule has 0 unspecified atom stereocenters. The van der Waals surface area contributed by atoms with E-state index in [-0.39, 0.29) is 6.61 Å². The zero-order valence-corrected chi connectivity index (χ0v) is 11.9. The van der Waals surface area contributed by atoms with E-state index in [0.29, 0.717) is 11.1 Å². The fourth-order valence-electron chi connectivity index (χ4n) is 1.39. The van der Waals surface area contributed by atoms with Gasteiger partial charge in [-0.05, 0) is 31.5 Å². The van der Waals surface area contributed by atoms with Crippen molar-refractivity contribution in [2.45, 2.75) is 25.7 Å². The number of aryl methyl sites for hydroxylation is 1. The fraction of sp³-hybridized carbons (Fsp3) is 0.286. The maximum absolute atomic E-state index is 5.59. The highest BCUT2D eigenvalue weighted by Gasteiger charge is 2.07. The third-order valence-corrected chi connectivity index (χ3v) is 3.29. The maximum atomic E-state index is 5.59. The van der Waals surface area contributed by atoms with E-state index in [9.17, 15) is 0 Å². The van der Waals surface area contributed by atoms with E-state index in [2.05, 4.69) is 16.8 Å². The van der Waals surface area contributed by atoms with Crippen LogP contribution in [0.3, 0.4) is 0 Å². The molecule has 2 rings (SSSR count). The van der Waals surface area contributed by atoms with Gasteiger partial charge < -0.3 is 9.15 Å². The van der Waals surface area contributed by atoms with Crippen molar-refractivity contribution in [3.63, 3.8) is 0 Å². The highest BCUT2D eigenvalue weighted by Crippen LogP contribution is 2.19. The Kier molecular flexibility index (Phi) is 4.63. The van der Waals surface area contributed by atoms with Crippen molar-refractivity contribution in [2.24, 2.45) is 0 Å². The third-order valence-electron chi connectivity index (χ3n) is 2.24. The molecule has 0 aliphatic heterocycles. The molecule has 0 bridgehead atoms. The molecular weight excluding hydrogens is 260 g/mol. The minimum Gasteiger partial charge on any atom is -0.484 e. The molecule has 5 heteroatoms. The summed E-state index contributed by atoms with van der Waals surface area (Å²) in [5.74, 6) is 2.06. The summed E-state index contributed by atoms with van der Waals surface area (Å²) >= 11 is 1.48. The Morgan fingerprint density at radius 2 is 2.26 bits per heavy atom. The van der Waals surface area contributed by atoms with E-state index >= 15 is 0 Å². The highest BCUT2D eigenvalue weighted by molar-refractivity contribution is 7.99. The molecule has 0 atom stereocenters. The van der Waals surface area contributed by atoms with E-state index in [1.807, 2.05) is 38.1 Å². The lowest BCUT2D eigenvalue weighted by Crippen LogP contribution is -1.95. The first-order valence-electron chi connectivity index (χ1n) is 5.92. The van der Waals surface area contributed by atoms with Crippen molar-refractivity contribution in [1.82, 2.24) is 10.2 Å². The summed E-state index contributed by atoms with van der Waals surface area (Å²) in [7, 11) is 0. The van der Waals surface area contributed by atoms with Gasteiger partial charge in [0.15, 0.2) is 6.61 Å². The Hall–Kier alpha value is -1.75. The Morgan fingerprint density at radius 1 is 1.42 bits per heavy atom. The molecule has 1 heterocycles. The van der Waals surface area contributed by atoms with Crippen molar-refractivity contribution in [3.05, 3.63) is 47.9 Å². The highest BCUT2D eigenvalue weighted by atomic mass is 32.2. The van der Waals surface area contributed by atoms with Crippen LogP contribution in [0.15, 0.2) is 46.1 Å². The van der Waals surface area contributed by atoms with Crippen LogP contribution in [0.25, 0.3) is 0 Å². The van der Waals surface area contributed by atoms with Crippen LogP contribution in [0.2, 0.25) is 0 Å². The van der Waals surface area contributed by atoms with Crippen molar-refractivity contribution < 1.29 is 9.15 Å². The van der Waals surface area contributed by atoms with Gasteiger partial charge in [0.05, 0.1) is 0 Å². The first kappa shape index (κ1) is 13.7. The molecule has 0 aliphatic carbocycles. The maximum Gasteiger partial charge on any atom is 0.277 e. The SMILES string of the molecule is C=C(C)CSc1nnc(COc2cccc(C)c2)o1. The molecular formula is C14H16N2O2S. The largest absolute Gasteiger partial charge is 0.484 e.